The van der Waals surface area contributed by atoms with Gasteiger partial charge in [-0.2, -0.15) is 4.39 Å². The number of hydrogen-bond donors (Lipinski definition) is 0. The molecule has 0 saturated heterocycles. The fraction of sp³-hybridized carbons (Fsp3) is 0.0455. The zero-order chi connectivity index (χ0) is 19.5. The lowest BCUT2D eigenvalue weighted by molar-refractivity contribution is 0.414. The summed E-state index contributed by atoms with van der Waals surface area (Å²) in [5, 5.41) is 0. The van der Waals surface area contributed by atoms with Crippen LogP contribution in [0.2, 0.25) is 0 Å². The molecule has 28 heavy (non-hydrogen) atoms. The average molecular weight is 373 g/mol. The van der Waals surface area contributed by atoms with Crippen molar-refractivity contribution in [3.8, 4) is 33.8 Å². The van der Waals surface area contributed by atoms with Gasteiger partial charge in [0.25, 0.3) is 5.56 Å². The van der Waals surface area contributed by atoms with E-state index in [9.17, 15) is 9.18 Å². The molecule has 138 valence electrons. The lowest BCUT2D eigenvalue weighted by Crippen LogP contribution is -2.20. The molecule has 0 radical (unpaired) electrons. The molecule has 0 atom stereocenters. The second-order valence-electron chi connectivity index (χ2n) is 6.08. The molecule has 3 heterocycles. The topological polar surface area (TPSA) is 57.0 Å². The maximum absolute atomic E-state index is 14.3. The van der Waals surface area contributed by atoms with Gasteiger partial charge >= 0.3 is 0 Å². The summed E-state index contributed by atoms with van der Waals surface area (Å²) in [6, 6.07) is 17.4. The second kappa shape index (κ2) is 7.44. The summed E-state index contributed by atoms with van der Waals surface area (Å²) in [7, 11) is 1.56. The molecule has 0 aliphatic carbocycles. The fourth-order valence-electron chi connectivity index (χ4n) is 2.99. The number of aromatic nitrogens is 3. The van der Waals surface area contributed by atoms with Gasteiger partial charge in [-0.15, -0.1) is 0 Å². The molecule has 1 aromatic carbocycles. The van der Waals surface area contributed by atoms with E-state index in [1.807, 2.05) is 18.2 Å². The number of pyridine rings is 3. The van der Waals surface area contributed by atoms with Gasteiger partial charge in [0.15, 0.2) is 0 Å². The van der Waals surface area contributed by atoms with E-state index < -0.39 is 5.95 Å². The van der Waals surface area contributed by atoms with Crippen molar-refractivity contribution in [1.82, 2.24) is 14.5 Å². The Labute approximate surface area is 160 Å². The maximum atomic E-state index is 14.3. The minimum Gasteiger partial charge on any atom is -0.497 e. The number of nitrogens with zero attached hydrogens (tertiary/aromatic N) is 3. The van der Waals surface area contributed by atoms with Gasteiger partial charge in [0.1, 0.15) is 5.75 Å². The quantitative estimate of drug-likeness (QED) is 0.505. The molecule has 5 nitrogen and oxygen atoms in total. The Morgan fingerprint density at radius 3 is 2.54 bits per heavy atom. The Hall–Kier alpha value is -3.80. The van der Waals surface area contributed by atoms with Gasteiger partial charge in [-0.25, -0.2) is 4.98 Å². The Morgan fingerprint density at radius 1 is 0.929 bits per heavy atom. The minimum atomic E-state index is -0.699. The fourth-order valence-corrected chi connectivity index (χ4v) is 2.99. The van der Waals surface area contributed by atoms with Crippen molar-refractivity contribution >= 4 is 0 Å². The van der Waals surface area contributed by atoms with Gasteiger partial charge in [0.05, 0.1) is 24.1 Å². The van der Waals surface area contributed by atoms with E-state index in [0.717, 1.165) is 0 Å². The molecule has 0 fully saturated rings. The first kappa shape index (κ1) is 17.6. The number of hydrogen-bond acceptors (Lipinski definition) is 4. The van der Waals surface area contributed by atoms with Gasteiger partial charge in [0.2, 0.25) is 5.95 Å². The van der Waals surface area contributed by atoms with E-state index >= 15 is 0 Å². The van der Waals surface area contributed by atoms with Gasteiger partial charge in [-0.3, -0.25) is 14.3 Å². The standard InChI is InChI=1S/C22H16FN3O2/c1-28-17-7-4-6-16(13-17)26-14-15(20-9-2-3-10-24-20)12-19(22(26)27)18-8-5-11-25-21(18)23/h2-14H,1H3. The molecular formula is C22H16FN3O2. The molecule has 0 N–H and O–H groups in total. The van der Waals surface area contributed by atoms with Crippen molar-refractivity contribution in [1.29, 1.82) is 0 Å². The van der Waals surface area contributed by atoms with Crippen LogP contribution in [0, 0.1) is 5.95 Å². The third-order valence-corrected chi connectivity index (χ3v) is 4.36. The highest BCUT2D eigenvalue weighted by atomic mass is 19.1. The molecule has 0 aliphatic rings. The lowest BCUT2D eigenvalue weighted by atomic mass is 10.0. The Balaban J connectivity index is 2.01. The van der Waals surface area contributed by atoms with Crippen LogP contribution in [0.25, 0.3) is 28.1 Å². The van der Waals surface area contributed by atoms with Crippen molar-refractivity contribution in [3.05, 3.63) is 95.6 Å². The maximum Gasteiger partial charge on any atom is 0.263 e. The van der Waals surface area contributed by atoms with Crippen molar-refractivity contribution in [2.24, 2.45) is 0 Å². The first-order chi connectivity index (χ1) is 13.7. The summed E-state index contributed by atoms with van der Waals surface area (Å²) in [6.07, 6.45) is 4.71. The van der Waals surface area contributed by atoms with Crippen molar-refractivity contribution < 1.29 is 9.13 Å². The third kappa shape index (κ3) is 3.27. The SMILES string of the molecule is COc1cccc(-n2cc(-c3ccccn3)cc(-c3cccnc3F)c2=O)c1. The van der Waals surface area contributed by atoms with Crippen molar-refractivity contribution in [2.45, 2.75) is 0 Å². The van der Waals surface area contributed by atoms with Crippen LogP contribution in [-0.2, 0) is 0 Å². The highest BCUT2D eigenvalue weighted by Gasteiger charge is 2.15. The zero-order valence-electron chi connectivity index (χ0n) is 15.0. The highest BCUT2D eigenvalue weighted by molar-refractivity contribution is 5.70. The smallest absolute Gasteiger partial charge is 0.263 e. The molecule has 0 unspecified atom stereocenters. The summed E-state index contributed by atoms with van der Waals surface area (Å²) >= 11 is 0. The average Bonchev–Trinajstić information content (AvgIpc) is 2.75. The zero-order valence-corrected chi connectivity index (χ0v) is 15.0. The number of halogens is 1. The molecule has 0 amide bonds. The predicted molar refractivity (Wildman–Crippen MR) is 105 cm³/mol. The molecule has 0 aliphatic heterocycles. The molecule has 3 aromatic heterocycles. The number of ether oxygens (including phenoxy) is 1. The van der Waals surface area contributed by atoms with Crippen LogP contribution in [0.15, 0.2) is 84.0 Å². The van der Waals surface area contributed by atoms with Crippen LogP contribution >= 0.6 is 0 Å². The molecule has 0 bridgehead atoms. The first-order valence-electron chi connectivity index (χ1n) is 8.61. The lowest BCUT2D eigenvalue weighted by Gasteiger charge is -2.13. The number of benzene rings is 1. The van der Waals surface area contributed by atoms with Crippen LogP contribution < -0.4 is 10.3 Å². The predicted octanol–water partition coefficient (Wildman–Crippen LogP) is 4.11. The van der Waals surface area contributed by atoms with E-state index in [-0.39, 0.29) is 16.7 Å². The molecule has 4 aromatic rings. The summed E-state index contributed by atoms with van der Waals surface area (Å²) in [4.78, 5) is 21.2. The third-order valence-electron chi connectivity index (χ3n) is 4.36. The molecule has 0 spiro atoms. The number of methoxy groups -OCH3 is 1. The van der Waals surface area contributed by atoms with Crippen molar-refractivity contribution in [3.63, 3.8) is 0 Å². The Kier molecular flexibility index (Phi) is 4.68. The van der Waals surface area contributed by atoms with E-state index in [2.05, 4.69) is 9.97 Å². The highest BCUT2D eigenvalue weighted by Crippen LogP contribution is 2.25. The van der Waals surface area contributed by atoms with Gasteiger partial charge in [-0.1, -0.05) is 12.1 Å². The summed E-state index contributed by atoms with van der Waals surface area (Å²) in [5.74, 6) is -0.0864. The van der Waals surface area contributed by atoms with Crippen LogP contribution in [0.1, 0.15) is 0 Å². The number of rotatable bonds is 4. The van der Waals surface area contributed by atoms with Crippen LogP contribution in [0.4, 0.5) is 4.39 Å². The van der Waals surface area contributed by atoms with Crippen LogP contribution in [-0.4, -0.2) is 21.6 Å². The van der Waals surface area contributed by atoms with Crippen molar-refractivity contribution in [2.75, 3.05) is 7.11 Å². The first-order valence-corrected chi connectivity index (χ1v) is 8.61. The summed E-state index contributed by atoms with van der Waals surface area (Å²) < 4.78 is 21.1. The molecule has 4 rings (SSSR count). The van der Waals surface area contributed by atoms with E-state index in [4.69, 9.17) is 4.74 Å². The van der Waals surface area contributed by atoms with Gasteiger partial charge < -0.3 is 4.74 Å². The van der Waals surface area contributed by atoms with Crippen LogP contribution in [0.5, 0.6) is 5.75 Å². The summed E-state index contributed by atoms with van der Waals surface area (Å²) in [5.41, 5.74) is 1.94. The molecular weight excluding hydrogens is 357 g/mol. The Morgan fingerprint density at radius 2 is 1.79 bits per heavy atom. The van der Waals surface area contributed by atoms with Crippen LogP contribution in [0.3, 0.4) is 0 Å². The van der Waals surface area contributed by atoms with Gasteiger partial charge in [0, 0.05) is 35.8 Å². The summed E-state index contributed by atoms with van der Waals surface area (Å²) in [6.45, 7) is 0. The van der Waals surface area contributed by atoms with Gasteiger partial charge in [-0.05, 0) is 42.5 Å². The largest absolute Gasteiger partial charge is 0.497 e. The Bertz CT molecular complexity index is 1190. The molecule has 6 heteroatoms. The van der Waals surface area contributed by atoms with E-state index in [1.165, 1.54) is 16.8 Å². The monoisotopic (exact) mass is 373 g/mol. The molecule has 0 saturated carbocycles. The van der Waals surface area contributed by atoms with E-state index in [0.29, 0.717) is 22.7 Å². The second-order valence-corrected chi connectivity index (χ2v) is 6.08. The van der Waals surface area contributed by atoms with E-state index in [1.54, 1.807) is 55.9 Å². The minimum absolute atomic E-state index is 0.141. The normalized spacial score (nSPS) is 10.6.